The summed E-state index contributed by atoms with van der Waals surface area (Å²) in [6, 6.07) is 7.19. The van der Waals surface area contributed by atoms with Gasteiger partial charge in [0.25, 0.3) is 0 Å². The van der Waals surface area contributed by atoms with E-state index < -0.39 is 11.6 Å². The molecule has 0 amide bonds. The molecule has 0 saturated carbocycles. The molecule has 4 nitrogen and oxygen atoms in total. The van der Waals surface area contributed by atoms with Crippen molar-refractivity contribution in [3.8, 4) is 17.1 Å². The summed E-state index contributed by atoms with van der Waals surface area (Å²) in [5, 5.41) is 7.89. The van der Waals surface area contributed by atoms with Crippen molar-refractivity contribution in [3.63, 3.8) is 0 Å². The number of hydrogen-bond donors (Lipinski definition) is 0. The summed E-state index contributed by atoms with van der Waals surface area (Å²) >= 11 is 0. The Morgan fingerprint density at radius 2 is 1.75 bits per heavy atom. The monoisotopic (exact) mass is 272 g/mol. The van der Waals surface area contributed by atoms with Gasteiger partial charge < -0.3 is 0 Å². The minimum atomic E-state index is -0.668. The van der Waals surface area contributed by atoms with Gasteiger partial charge in [0, 0.05) is 18.0 Å². The van der Waals surface area contributed by atoms with Crippen LogP contribution in [0.4, 0.5) is 8.78 Å². The molecule has 1 aromatic carbocycles. The molecule has 3 aromatic rings. The van der Waals surface area contributed by atoms with Gasteiger partial charge in [0.1, 0.15) is 23.1 Å². The normalized spacial score (nSPS) is 10.8. The van der Waals surface area contributed by atoms with Gasteiger partial charge >= 0.3 is 0 Å². The van der Waals surface area contributed by atoms with Crippen LogP contribution >= 0.6 is 0 Å². The summed E-state index contributed by atoms with van der Waals surface area (Å²) in [5.74, 6) is -0.594. The first-order valence-corrected chi connectivity index (χ1v) is 5.95. The van der Waals surface area contributed by atoms with Crippen molar-refractivity contribution in [2.45, 2.75) is 6.92 Å². The molecular formula is C14H10F2N4. The SMILES string of the molecule is Cc1nnc(-c2cccnc2)n1-c1c(F)cccc1F. The fourth-order valence-corrected chi connectivity index (χ4v) is 2.01. The van der Waals surface area contributed by atoms with Crippen molar-refractivity contribution in [2.24, 2.45) is 0 Å². The van der Waals surface area contributed by atoms with E-state index in [2.05, 4.69) is 15.2 Å². The van der Waals surface area contributed by atoms with Crippen molar-refractivity contribution < 1.29 is 8.78 Å². The summed E-state index contributed by atoms with van der Waals surface area (Å²) in [4.78, 5) is 3.98. The van der Waals surface area contributed by atoms with E-state index in [9.17, 15) is 8.78 Å². The summed E-state index contributed by atoms with van der Waals surface area (Å²) in [5.41, 5.74) is 0.449. The smallest absolute Gasteiger partial charge is 0.170 e. The first kappa shape index (κ1) is 12.4. The molecule has 3 rings (SSSR count). The highest BCUT2D eigenvalue weighted by Crippen LogP contribution is 2.25. The molecule has 0 radical (unpaired) electrons. The number of nitrogens with zero attached hydrogens (tertiary/aromatic N) is 4. The van der Waals surface area contributed by atoms with Crippen LogP contribution in [-0.4, -0.2) is 19.7 Å². The van der Waals surface area contributed by atoms with Crippen LogP contribution in [0.25, 0.3) is 17.1 Å². The molecule has 0 bridgehead atoms. The lowest BCUT2D eigenvalue weighted by atomic mass is 10.2. The van der Waals surface area contributed by atoms with Gasteiger partial charge in [-0.15, -0.1) is 10.2 Å². The predicted octanol–water partition coefficient (Wildman–Crippen LogP) is 2.92. The van der Waals surface area contributed by atoms with E-state index in [1.54, 1.807) is 31.5 Å². The molecule has 6 heteroatoms. The van der Waals surface area contributed by atoms with Crippen molar-refractivity contribution in [3.05, 3.63) is 60.2 Å². The predicted molar refractivity (Wildman–Crippen MR) is 69.2 cm³/mol. The van der Waals surface area contributed by atoms with Crippen LogP contribution in [0, 0.1) is 18.6 Å². The third-order valence-corrected chi connectivity index (χ3v) is 2.91. The number of pyridine rings is 1. The summed E-state index contributed by atoms with van der Waals surface area (Å²) in [6.45, 7) is 1.64. The Kier molecular flexibility index (Phi) is 2.98. The minimum Gasteiger partial charge on any atom is -0.273 e. The molecular weight excluding hydrogens is 262 g/mol. The van der Waals surface area contributed by atoms with Gasteiger partial charge in [0.2, 0.25) is 0 Å². The highest BCUT2D eigenvalue weighted by molar-refractivity contribution is 5.57. The van der Waals surface area contributed by atoms with Crippen LogP contribution in [0.5, 0.6) is 0 Å². The van der Waals surface area contributed by atoms with E-state index in [1.165, 1.54) is 22.8 Å². The standard InChI is InChI=1S/C14H10F2N4/c1-9-18-19-14(10-4-3-7-17-8-10)20(9)13-11(15)5-2-6-12(13)16/h2-8H,1H3. The second-order valence-electron chi connectivity index (χ2n) is 4.22. The van der Waals surface area contributed by atoms with Crippen molar-refractivity contribution >= 4 is 0 Å². The van der Waals surface area contributed by atoms with Gasteiger partial charge in [0.05, 0.1) is 0 Å². The molecule has 100 valence electrons. The van der Waals surface area contributed by atoms with Gasteiger partial charge in [-0.2, -0.15) is 0 Å². The highest BCUT2D eigenvalue weighted by atomic mass is 19.1. The van der Waals surface area contributed by atoms with Crippen molar-refractivity contribution in [2.75, 3.05) is 0 Å². The molecule has 0 N–H and O–H groups in total. The number of rotatable bonds is 2. The van der Waals surface area contributed by atoms with Gasteiger partial charge in [0.15, 0.2) is 5.82 Å². The van der Waals surface area contributed by atoms with Gasteiger partial charge in [-0.25, -0.2) is 8.78 Å². The third-order valence-electron chi connectivity index (χ3n) is 2.91. The molecule has 2 heterocycles. The molecule has 0 spiro atoms. The van der Waals surface area contributed by atoms with Crippen LogP contribution < -0.4 is 0 Å². The van der Waals surface area contributed by atoms with Crippen LogP contribution in [0.15, 0.2) is 42.7 Å². The number of benzene rings is 1. The first-order chi connectivity index (χ1) is 9.68. The summed E-state index contributed by atoms with van der Waals surface area (Å²) < 4.78 is 29.3. The maximum atomic E-state index is 14.0. The third kappa shape index (κ3) is 1.95. The van der Waals surface area contributed by atoms with E-state index in [0.29, 0.717) is 17.2 Å². The molecule has 0 aliphatic carbocycles. The Bertz CT molecular complexity index is 733. The lowest BCUT2D eigenvalue weighted by Crippen LogP contribution is -2.05. The molecule has 20 heavy (non-hydrogen) atoms. The first-order valence-electron chi connectivity index (χ1n) is 5.95. The lowest BCUT2D eigenvalue weighted by molar-refractivity contribution is 0.568. The molecule has 0 atom stereocenters. The fourth-order valence-electron chi connectivity index (χ4n) is 2.01. The molecule has 0 saturated heterocycles. The summed E-state index contributed by atoms with van der Waals surface area (Å²) in [6.07, 6.45) is 3.18. The second-order valence-corrected chi connectivity index (χ2v) is 4.22. The Hall–Kier alpha value is -2.63. The van der Waals surface area contributed by atoms with E-state index in [0.717, 1.165) is 0 Å². The summed E-state index contributed by atoms with van der Waals surface area (Å²) in [7, 11) is 0. The number of aryl methyl sites for hydroxylation is 1. The maximum Gasteiger partial charge on any atom is 0.170 e. The van der Waals surface area contributed by atoms with Crippen LogP contribution in [-0.2, 0) is 0 Å². The average Bonchev–Trinajstić information content (AvgIpc) is 2.82. The number of halogens is 2. The van der Waals surface area contributed by atoms with E-state index in [1.807, 2.05) is 0 Å². The zero-order chi connectivity index (χ0) is 14.1. The van der Waals surface area contributed by atoms with Crippen LogP contribution in [0.3, 0.4) is 0 Å². The Balaban J connectivity index is 2.28. The topological polar surface area (TPSA) is 43.6 Å². The van der Waals surface area contributed by atoms with Gasteiger partial charge in [-0.1, -0.05) is 6.07 Å². The Labute approximate surface area is 113 Å². The van der Waals surface area contributed by atoms with E-state index in [-0.39, 0.29) is 5.69 Å². The van der Waals surface area contributed by atoms with E-state index >= 15 is 0 Å². The molecule has 0 aliphatic rings. The highest BCUT2D eigenvalue weighted by Gasteiger charge is 2.19. The maximum absolute atomic E-state index is 14.0. The lowest BCUT2D eigenvalue weighted by Gasteiger charge is -2.10. The van der Waals surface area contributed by atoms with Crippen LogP contribution in [0.1, 0.15) is 5.82 Å². The van der Waals surface area contributed by atoms with Gasteiger partial charge in [-0.3, -0.25) is 9.55 Å². The molecule has 0 unspecified atom stereocenters. The molecule has 0 aliphatic heterocycles. The average molecular weight is 272 g/mol. The fraction of sp³-hybridized carbons (Fsp3) is 0.0714. The Morgan fingerprint density at radius 3 is 2.40 bits per heavy atom. The zero-order valence-electron chi connectivity index (χ0n) is 10.6. The zero-order valence-corrected chi connectivity index (χ0v) is 10.6. The number of aromatic nitrogens is 4. The van der Waals surface area contributed by atoms with Crippen LogP contribution in [0.2, 0.25) is 0 Å². The minimum absolute atomic E-state index is 0.186. The molecule has 2 aromatic heterocycles. The van der Waals surface area contributed by atoms with Crippen molar-refractivity contribution in [1.82, 2.24) is 19.7 Å². The number of hydrogen-bond acceptors (Lipinski definition) is 3. The molecule has 0 fully saturated rings. The van der Waals surface area contributed by atoms with E-state index in [4.69, 9.17) is 0 Å². The largest absolute Gasteiger partial charge is 0.273 e. The number of para-hydroxylation sites is 1. The second kappa shape index (κ2) is 4.80. The quantitative estimate of drug-likeness (QED) is 0.720. The van der Waals surface area contributed by atoms with Gasteiger partial charge in [-0.05, 0) is 31.2 Å². The van der Waals surface area contributed by atoms with Crippen molar-refractivity contribution in [1.29, 1.82) is 0 Å². The Morgan fingerprint density at radius 1 is 1.00 bits per heavy atom.